The maximum atomic E-state index is 13.2. The molecule has 0 fully saturated rings. The summed E-state index contributed by atoms with van der Waals surface area (Å²) in [6.45, 7) is 2.96. The Morgan fingerprint density at radius 2 is 2.07 bits per heavy atom. The van der Waals surface area contributed by atoms with Crippen LogP contribution in [-0.4, -0.2) is 39.9 Å². The zero-order chi connectivity index (χ0) is 20.9. The molecular weight excluding hydrogens is 390 g/mol. The zero-order valence-corrected chi connectivity index (χ0v) is 17.6. The Balaban J connectivity index is 1.77. The third kappa shape index (κ3) is 3.50. The van der Waals surface area contributed by atoms with Crippen LogP contribution in [0, 0.1) is 0 Å². The summed E-state index contributed by atoms with van der Waals surface area (Å²) >= 11 is 0. The highest BCUT2D eigenvalue weighted by Gasteiger charge is 2.28. The molecule has 3 heterocycles. The van der Waals surface area contributed by atoms with Crippen molar-refractivity contribution in [2.45, 2.75) is 32.5 Å². The van der Waals surface area contributed by atoms with Crippen LogP contribution in [0.25, 0.3) is 10.9 Å². The van der Waals surface area contributed by atoms with Gasteiger partial charge in [-0.2, -0.15) is 9.40 Å². The van der Waals surface area contributed by atoms with Crippen molar-refractivity contribution < 1.29 is 8.42 Å². The first kappa shape index (κ1) is 19.8. The van der Waals surface area contributed by atoms with Crippen molar-refractivity contribution >= 4 is 20.9 Å². The van der Waals surface area contributed by atoms with Crippen LogP contribution in [0.4, 0.5) is 0 Å². The van der Waals surface area contributed by atoms with Gasteiger partial charge in [-0.1, -0.05) is 24.3 Å². The first-order valence-electron chi connectivity index (χ1n) is 9.52. The molecule has 1 aliphatic rings. The van der Waals surface area contributed by atoms with Gasteiger partial charge in [0.2, 0.25) is 10.0 Å². The van der Waals surface area contributed by atoms with Gasteiger partial charge in [0, 0.05) is 30.7 Å². The third-order valence-electron chi connectivity index (χ3n) is 5.65. The van der Waals surface area contributed by atoms with Gasteiger partial charge >= 0.3 is 0 Å². The lowest BCUT2D eigenvalue weighted by molar-refractivity contribution is 0.386. The standard InChI is InChI=1S/C20H25N5O3S/c1-13(21)15-6-4-5-14(9-15)11-25-20(26)19-17(10-22-25)16-7-8-24(29(3,27)28)12-18(16)23(19)2/h4-6,9-10,13H,7-8,11-12,21H2,1-3H3/t13-/m0/s1. The number of nitrogens with two attached hydrogens (primary N) is 1. The van der Waals surface area contributed by atoms with E-state index in [1.54, 1.807) is 6.20 Å². The number of sulfonamides is 1. The number of nitrogens with zero attached hydrogens (tertiary/aromatic N) is 4. The summed E-state index contributed by atoms with van der Waals surface area (Å²) in [5.41, 5.74) is 10.2. The average molecular weight is 416 g/mol. The molecule has 2 aromatic heterocycles. The summed E-state index contributed by atoms with van der Waals surface area (Å²) in [6, 6.07) is 7.75. The van der Waals surface area contributed by atoms with Gasteiger partial charge in [-0.05, 0) is 30.0 Å². The topological polar surface area (TPSA) is 103 Å². The van der Waals surface area contributed by atoms with Crippen LogP contribution >= 0.6 is 0 Å². The fraction of sp³-hybridized carbons (Fsp3) is 0.400. The Kier molecular flexibility index (Phi) is 4.84. The molecule has 8 nitrogen and oxygen atoms in total. The second kappa shape index (κ2) is 7.08. The Labute approximate surface area is 169 Å². The fourth-order valence-corrected chi connectivity index (χ4v) is 4.80. The van der Waals surface area contributed by atoms with E-state index in [2.05, 4.69) is 5.10 Å². The summed E-state index contributed by atoms with van der Waals surface area (Å²) < 4.78 is 28.6. The van der Waals surface area contributed by atoms with Gasteiger partial charge in [0.25, 0.3) is 5.56 Å². The molecular formula is C20H25N5O3S. The van der Waals surface area contributed by atoms with E-state index >= 15 is 0 Å². The molecule has 0 spiro atoms. The quantitative estimate of drug-likeness (QED) is 0.688. The fourth-order valence-electron chi connectivity index (χ4n) is 4.02. The van der Waals surface area contributed by atoms with Gasteiger partial charge in [0.1, 0.15) is 5.52 Å². The molecule has 1 atom stereocenters. The molecule has 2 N–H and O–H groups in total. The van der Waals surface area contributed by atoms with Crippen LogP contribution in [0.5, 0.6) is 0 Å². The van der Waals surface area contributed by atoms with Crippen molar-refractivity contribution in [3.63, 3.8) is 0 Å². The molecule has 29 heavy (non-hydrogen) atoms. The van der Waals surface area contributed by atoms with E-state index in [9.17, 15) is 13.2 Å². The molecule has 4 rings (SSSR count). The van der Waals surface area contributed by atoms with E-state index in [0.29, 0.717) is 25.0 Å². The van der Waals surface area contributed by atoms with Crippen LogP contribution < -0.4 is 11.3 Å². The minimum atomic E-state index is -3.28. The largest absolute Gasteiger partial charge is 0.342 e. The first-order valence-corrected chi connectivity index (χ1v) is 11.4. The maximum absolute atomic E-state index is 13.2. The summed E-state index contributed by atoms with van der Waals surface area (Å²) in [4.78, 5) is 13.2. The minimum Gasteiger partial charge on any atom is -0.342 e. The number of aromatic nitrogens is 3. The van der Waals surface area contributed by atoms with Gasteiger partial charge in [-0.25, -0.2) is 13.1 Å². The van der Waals surface area contributed by atoms with Crippen molar-refractivity contribution in [3.8, 4) is 0 Å². The molecule has 0 radical (unpaired) electrons. The van der Waals surface area contributed by atoms with E-state index in [4.69, 9.17) is 5.73 Å². The molecule has 1 aromatic carbocycles. The Morgan fingerprint density at radius 1 is 1.31 bits per heavy atom. The van der Waals surface area contributed by atoms with E-state index in [1.165, 1.54) is 15.2 Å². The normalized spacial score (nSPS) is 16.1. The second-order valence-electron chi connectivity index (χ2n) is 7.73. The lowest BCUT2D eigenvalue weighted by Crippen LogP contribution is -2.35. The van der Waals surface area contributed by atoms with E-state index in [0.717, 1.165) is 27.8 Å². The molecule has 0 saturated heterocycles. The molecule has 1 aliphatic heterocycles. The van der Waals surface area contributed by atoms with Crippen molar-refractivity contribution in [1.29, 1.82) is 0 Å². The van der Waals surface area contributed by atoms with Crippen molar-refractivity contribution in [2.24, 2.45) is 12.8 Å². The van der Waals surface area contributed by atoms with Gasteiger partial charge in [-0.15, -0.1) is 0 Å². The number of benzene rings is 1. The molecule has 0 unspecified atom stereocenters. The summed E-state index contributed by atoms with van der Waals surface area (Å²) in [5, 5.41) is 5.20. The average Bonchev–Trinajstić information content (AvgIpc) is 2.96. The Morgan fingerprint density at radius 3 is 2.76 bits per heavy atom. The lowest BCUT2D eigenvalue weighted by atomic mass is 10.1. The number of hydrogen-bond acceptors (Lipinski definition) is 5. The lowest BCUT2D eigenvalue weighted by Gasteiger charge is -2.25. The monoisotopic (exact) mass is 415 g/mol. The molecule has 154 valence electrons. The van der Waals surface area contributed by atoms with Crippen molar-refractivity contribution in [2.75, 3.05) is 12.8 Å². The number of rotatable bonds is 4. The summed E-state index contributed by atoms with van der Waals surface area (Å²) in [7, 11) is -1.47. The van der Waals surface area contributed by atoms with E-state index in [-0.39, 0.29) is 18.1 Å². The first-order chi connectivity index (χ1) is 13.7. The molecule has 9 heteroatoms. The van der Waals surface area contributed by atoms with Crippen LogP contribution in [0.1, 0.15) is 35.3 Å². The molecule has 0 bridgehead atoms. The van der Waals surface area contributed by atoms with Crippen LogP contribution in [0.3, 0.4) is 0 Å². The Hall–Kier alpha value is -2.49. The van der Waals surface area contributed by atoms with E-state index < -0.39 is 10.0 Å². The van der Waals surface area contributed by atoms with Crippen molar-refractivity contribution in [3.05, 3.63) is 63.2 Å². The Bertz CT molecular complexity index is 1260. The molecule has 0 amide bonds. The van der Waals surface area contributed by atoms with Gasteiger partial charge < -0.3 is 10.3 Å². The molecule has 0 aliphatic carbocycles. The second-order valence-corrected chi connectivity index (χ2v) is 9.72. The summed E-state index contributed by atoms with van der Waals surface area (Å²) in [5.74, 6) is 0. The van der Waals surface area contributed by atoms with Gasteiger partial charge in [0.05, 0.1) is 25.5 Å². The highest BCUT2D eigenvalue weighted by atomic mass is 32.2. The predicted molar refractivity (Wildman–Crippen MR) is 112 cm³/mol. The highest BCUT2D eigenvalue weighted by molar-refractivity contribution is 7.88. The third-order valence-corrected chi connectivity index (χ3v) is 6.90. The van der Waals surface area contributed by atoms with Gasteiger partial charge in [-0.3, -0.25) is 4.79 Å². The minimum absolute atomic E-state index is 0.0838. The van der Waals surface area contributed by atoms with Crippen molar-refractivity contribution in [1.82, 2.24) is 18.7 Å². The molecule has 3 aromatic rings. The van der Waals surface area contributed by atoms with Gasteiger partial charge in [0.15, 0.2) is 0 Å². The van der Waals surface area contributed by atoms with Crippen LogP contribution in [0.15, 0.2) is 35.3 Å². The van der Waals surface area contributed by atoms with Crippen LogP contribution in [0.2, 0.25) is 0 Å². The highest BCUT2D eigenvalue weighted by Crippen LogP contribution is 2.28. The predicted octanol–water partition coefficient (Wildman–Crippen LogP) is 1.12. The van der Waals surface area contributed by atoms with Crippen LogP contribution in [-0.2, 0) is 36.6 Å². The number of hydrogen-bond donors (Lipinski definition) is 1. The maximum Gasteiger partial charge on any atom is 0.291 e. The number of aryl methyl sites for hydroxylation is 1. The molecule has 0 saturated carbocycles. The number of fused-ring (bicyclic) bond motifs is 3. The SMILES string of the molecule is C[C@H](N)c1cccc(Cn2ncc3c4c(n(C)c3c2=O)CN(S(C)(=O)=O)CC4)c1. The van der Waals surface area contributed by atoms with E-state index in [1.807, 2.05) is 42.8 Å². The zero-order valence-electron chi connectivity index (χ0n) is 16.8. The smallest absolute Gasteiger partial charge is 0.291 e. The summed E-state index contributed by atoms with van der Waals surface area (Å²) in [6.07, 6.45) is 3.51.